The lowest BCUT2D eigenvalue weighted by Gasteiger charge is -2.31. The van der Waals surface area contributed by atoms with Gasteiger partial charge in [-0.1, -0.05) is 52.4 Å². The van der Waals surface area contributed by atoms with Gasteiger partial charge in [-0.2, -0.15) is 0 Å². The van der Waals surface area contributed by atoms with Gasteiger partial charge in [0.15, 0.2) is 0 Å². The van der Waals surface area contributed by atoms with Crippen molar-refractivity contribution < 1.29 is 9.47 Å². The summed E-state index contributed by atoms with van der Waals surface area (Å²) in [6, 6.07) is 7.96. The Hall–Kier alpha value is 0.160. The van der Waals surface area contributed by atoms with Crippen LogP contribution in [0.1, 0.15) is 37.4 Å². The summed E-state index contributed by atoms with van der Waals surface area (Å²) in [5.74, 6) is 0. The molecule has 0 saturated heterocycles. The van der Waals surface area contributed by atoms with Crippen molar-refractivity contribution in [3.63, 3.8) is 0 Å². The van der Waals surface area contributed by atoms with Crippen LogP contribution in [0.2, 0.25) is 5.02 Å². The molecule has 0 spiro atoms. The van der Waals surface area contributed by atoms with Gasteiger partial charge in [-0.15, -0.1) is 0 Å². The number of alkyl halides is 1. The Morgan fingerprint density at radius 1 is 1.32 bits per heavy atom. The van der Waals surface area contributed by atoms with Crippen molar-refractivity contribution in [3.05, 3.63) is 34.9 Å². The zero-order valence-corrected chi connectivity index (χ0v) is 14.1. The van der Waals surface area contributed by atoms with Gasteiger partial charge in [0.05, 0.1) is 18.3 Å². The van der Waals surface area contributed by atoms with Crippen LogP contribution in [0, 0.1) is 0 Å². The lowest BCUT2D eigenvalue weighted by Crippen LogP contribution is -2.29. The van der Waals surface area contributed by atoms with E-state index in [1.165, 1.54) is 6.42 Å². The maximum Gasteiger partial charge on any atom is 0.0932 e. The molecule has 1 saturated carbocycles. The van der Waals surface area contributed by atoms with Crippen LogP contribution in [0.4, 0.5) is 0 Å². The second kappa shape index (κ2) is 7.81. The maximum atomic E-state index is 6.27. The van der Waals surface area contributed by atoms with Crippen molar-refractivity contribution in [1.82, 2.24) is 0 Å². The predicted molar refractivity (Wildman–Crippen MR) is 87.2 cm³/mol. The number of benzene rings is 1. The Labute approximate surface area is 134 Å². The largest absolute Gasteiger partial charge is 0.381 e. The summed E-state index contributed by atoms with van der Waals surface area (Å²) >= 11 is 8.63. The van der Waals surface area contributed by atoms with E-state index in [4.69, 9.17) is 21.1 Å². The number of methoxy groups -OCH3 is 1. The van der Waals surface area contributed by atoms with Crippen molar-refractivity contribution in [2.45, 2.75) is 44.0 Å². The number of hydrogen-bond acceptors (Lipinski definition) is 2. The van der Waals surface area contributed by atoms with Crippen LogP contribution >= 0.6 is 34.2 Å². The van der Waals surface area contributed by atoms with Crippen LogP contribution in [-0.2, 0) is 9.47 Å². The Bertz CT molecular complexity index is 399. The quantitative estimate of drug-likeness (QED) is 0.528. The molecule has 1 aromatic rings. The highest BCUT2D eigenvalue weighted by Crippen LogP contribution is 2.32. The number of ether oxygens (including phenoxy) is 2. The Morgan fingerprint density at radius 2 is 2.05 bits per heavy atom. The second-order valence-electron chi connectivity index (χ2n) is 4.95. The molecule has 0 N–H and O–H groups in total. The molecule has 2 rings (SSSR count). The third-order valence-electron chi connectivity index (χ3n) is 3.66. The first-order chi connectivity index (χ1) is 9.24. The van der Waals surface area contributed by atoms with Crippen molar-refractivity contribution >= 4 is 34.2 Å². The highest BCUT2D eigenvalue weighted by atomic mass is 127. The van der Waals surface area contributed by atoms with E-state index in [9.17, 15) is 0 Å². The molecule has 19 heavy (non-hydrogen) atoms. The fourth-order valence-corrected chi connectivity index (χ4v) is 3.54. The zero-order valence-electron chi connectivity index (χ0n) is 11.1. The molecule has 0 heterocycles. The standard InChI is InChI=1S/C15H20ClIO2/c1-18-11-5-4-6-12(9-11)19-15(10-17)13-7-2-3-8-14(13)16/h2-3,7-8,11-12,15H,4-6,9-10H2,1H3. The van der Waals surface area contributed by atoms with Gasteiger partial charge in [-0.25, -0.2) is 0 Å². The van der Waals surface area contributed by atoms with Crippen LogP contribution < -0.4 is 0 Å². The molecule has 0 amide bonds. The summed E-state index contributed by atoms with van der Waals surface area (Å²) in [6.45, 7) is 0. The van der Waals surface area contributed by atoms with E-state index in [1.807, 2.05) is 18.2 Å². The molecule has 2 nitrogen and oxygen atoms in total. The van der Waals surface area contributed by atoms with E-state index in [0.717, 1.165) is 34.3 Å². The van der Waals surface area contributed by atoms with Gasteiger partial charge in [0.25, 0.3) is 0 Å². The van der Waals surface area contributed by atoms with Gasteiger partial charge in [0, 0.05) is 22.1 Å². The first-order valence-electron chi connectivity index (χ1n) is 6.73. The molecule has 0 aliphatic heterocycles. The third-order valence-corrected chi connectivity index (χ3v) is 4.80. The smallest absolute Gasteiger partial charge is 0.0932 e. The van der Waals surface area contributed by atoms with E-state index < -0.39 is 0 Å². The number of halogens is 2. The summed E-state index contributed by atoms with van der Waals surface area (Å²) in [7, 11) is 1.79. The van der Waals surface area contributed by atoms with Gasteiger partial charge >= 0.3 is 0 Å². The molecule has 1 aromatic carbocycles. The molecule has 1 aliphatic carbocycles. The van der Waals surface area contributed by atoms with Crippen molar-refractivity contribution in [1.29, 1.82) is 0 Å². The van der Waals surface area contributed by atoms with Crippen LogP contribution in [0.3, 0.4) is 0 Å². The number of hydrogen-bond donors (Lipinski definition) is 0. The first-order valence-corrected chi connectivity index (χ1v) is 8.63. The molecule has 0 aromatic heterocycles. The average molecular weight is 395 g/mol. The minimum atomic E-state index is 0.0786. The Morgan fingerprint density at radius 3 is 2.74 bits per heavy atom. The minimum Gasteiger partial charge on any atom is -0.381 e. The van der Waals surface area contributed by atoms with E-state index >= 15 is 0 Å². The molecule has 1 aliphatic rings. The van der Waals surface area contributed by atoms with E-state index in [-0.39, 0.29) is 12.2 Å². The van der Waals surface area contributed by atoms with E-state index in [2.05, 4.69) is 28.7 Å². The van der Waals surface area contributed by atoms with Gasteiger partial charge in [0.1, 0.15) is 0 Å². The Kier molecular flexibility index (Phi) is 6.39. The molecule has 4 heteroatoms. The van der Waals surface area contributed by atoms with Crippen LogP contribution in [0.25, 0.3) is 0 Å². The van der Waals surface area contributed by atoms with Crippen LogP contribution in [0.15, 0.2) is 24.3 Å². The maximum absolute atomic E-state index is 6.27. The van der Waals surface area contributed by atoms with Gasteiger partial charge < -0.3 is 9.47 Å². The highest BCUT2D eigenvalue weighted by Gasteiger charge is 2.25. The summed E-state index contributed by atoms with van der Waals surface area (Å²) < 4.78 is 12.6. The Balaban J connectivity index is 2.01. The monoisotopic (exact) mass is 394 g/mol. The van der Waals surface area contributed by atoms with Crippen molar-refractivity contribution in [2.75, 3.05) is 11.5 Å². The third kappa shape index (κ3) is 4.31. The predicted octanol–water partition coefficient (Wildman–Crippen LogP) is 4.79. The minimum absolute atomic E-state index is 0.0786. The molecule has 3 atom stereocenters. The van der Waals surface area contributed by atoms with E-state index in [1.54, 1.807) is 7.11 Å². The summed E-state index contributed by atoms with van der Waals surface area (Å²) in [6.07, 6.45) is 5.16. The summed E-state index contributed by atoms with van der Waals surface area (Å²) in [4.78, 5) is 0. The van der Waals surface area contributed by atoms with Gasteiger partial charge in [-0.3, -0.25) is 0 Å². The molecule has 1 fully saturated rings. The van der Waals surface area contributed by atoms with Gasteiger partial charge in [0.2, 0.25) is 0 Å². The SMILES string of the molecule is COC1CCCC(OC(CI)c2ccccc2Cl)C1. The molecular weight excluding hydrogens is 375 g/mol. The molecule has 106 valence electrons. The van der Waals surface area contributed by atoms with Crippen LogP contribution in [0.5, 0.6) is 0 Å². The summed E-state index contributed by atoms with van der Waals surface area (Å²) in [5.41, 5.74) is 1.10. The number of rotatable bonds is 5. The lowest BCUT2D eigenvalue weighted by atomic mass is 9.94. The van der Waals surface area contributed by atoms with Crippen molar-refractivity contribution in [2.24, 2.45) is 0 Å². The van der Waals surface area contributed by atoms with E-state index in [0.29, 0.717) is 6.10 Å². The average Bonchev–Trinajstić information content (AvgIpc) is 2.46. The topological polar surface area (TPSA) is 18.5 Å². The highest BCUT2D eigenvalue weighted by molar-refractivity contribution is 14.1. The van der Waals surface area contributed by atoms with Gasteiger partial charge in [-0.05, 0) is 31.7 Å². The lowest BCUT2D eigenvalue weighted by molar-refractivity contribution is -0.0578. The second-order valence-corrected chi connectivity index (χ2v) is 6.23. The zero-order chi connectivity index (χ0) is 13.7. The molecule has 0 radical (unpaired) electrons. The first kappa shape index (κ1) is 15.5. The van der Waals surface area contributed by atoms with Crippen LogP contribution in [-0.4, -0.2) is 23.7 Å². The fourth-order valence-electron chi connectivity index (χ4n) is 2.60. The van der Waals surface area contributed by atoms with Crippen molar-refractivity contribution in [3.8, 4) is 0 Å². The molecule has 3 unspecified atom stereocenters. The molecule has 0 bridgehead atoms. The molecular formula is C15H20ClIO2. The summed E-state index contributed by atoms with van der Waals surface area (Å²) in [5, 5.41) is 0.795. The normalized spacial score (nSPS) is 25.2. The fraction of sp³-hybridized carbons (Fsp3) is 0.600.